The summed E-state index contributed by atoms with van der Waals surface area (Å²) in [5.74, 6) is 1.15. The van der Waals surface area contributed by atoms with Crippen molar-refractivity contribution in [1.82, 2.24) is 0 Å². The number of hydrogen-bond donors (Lipinski definition) is 0. The van der Waals surface area contributed by atoms with Gasteiger partial charge in [-0.15, -0.1) is 0 Å². The van der Waals surface area contributed by atoms with Crippen LogP contribution in [0.2, 0.25) is 0 Å². The molecule has 2 aromatic rings. The number of benzene rings is 2. The predicted octanol–water partition coefficient (Wildman–Crippen LogP) is 6.03. The molecule has 0 heterocycles. The molecule has 14 heteroatoms. The largest absolute Gasteiger partial charge is 0.513 e. The Bertz CT molecular complexity index is 878. The molecule has 0 bridgehead atoms. The van der Waals surface area contributed by atoms with Gasteiger partial charge in [-0.05, 0) is 24.3 Å². The Morgan fingerprint density at radius 2 is 1.03 bits per heavy atom. The van der Waals surface area contributed by atoms with E-state index in [2.05, 4.69) is 13.8 Å². The van der Waals surface area contributed by atoms with Gasteiger partial charge < -0.3 is 18.9 Å². The van der Waals surface area contributed by atoms with Crippen LogP contribution in [0.25, 0.3) is 0 Å². The number of rotatable bonds is 11. The van der Waals surface area contributed by atoms with Gasteiger partial charge in [-0.3, -0.25) is 20.2 Å². The molecule has 190 valence electrons. The van der Waals surface area contributed by atoms with Gasteiger partial charge in [0.15, 0.2) is 0 Å². The number of non-ortho nitro benzene ring substituents is 2. The Morgan fingerprint density at radius 1 is 0.714 bits per heavy atom. The summed E-state index contributed by atoms with van der Waals surface area (Å²) in [4.78, 5) is 43.1. The Balaban J connectivity index is 0.00000194. The molecule has 12 nitrogen and oxygen atoms in total. The summed E-state index contributed by atoms with van der Waals surface area (Å²) in [5, 5.41) is 21.1. The molecule has 0 aliphatic carbocycles. The highest BCUT2D eigenvalue weighted by molar-refractivity contribution is 8.76. The minimum absolute atomic E-state index is 0.0759. The molecule has 35 heavy (non-hydrogen) atoms. The van der Waals surface area contributed by atoms with Crippen LogP contribution in [-0.4, -0.2) is 46.9 Å². The summed E-state index contributed by atoms with van der Waals surface area (Å²) in [6.45, 7) is 4.40. The van der Waals surface area contributed by atoms with Crippen LogP contribution < -0.4 is 9.47 Å². The zero-order valence-electron chi connectivity index (χ0n) is 18.9. The summed E-state index contributed by atoms with van der Waals surface area (Å²) in [6.07, 6.45) is -0.608. The first-order valence-corrected chi connectivity index (χ1v) is 12.7. The highest BCUT2D eigenvalue weighted by Crippen LogP contribution is 2.21. The summed E-state index contributed by atoms with van der Waals surface area (Å²) in [7, 11) is 2.76. The summed E-state index contributed by atoms with van der Waals surface area (Å²) < 4.78 is 19.5. The van der Waals surface area contributed by atoms with Gasteiger partial charge in [0.1, 0.15) is 24.7 Å². The van der Waals surface area contributed by atoms with E-state index in [-0.39, 0.29) is 36.1 Å². The second-order valence-corrected chi connectivity index (χ2v) is 8.96. The molecule has 2 aromatic carbocycles. The fourth-order valence-corrected chi connectivity index (χ4v) is 3.61. The van der Waals surface area contributed by atoms with E-state index < -0.39 is 22.2 Å². The molecular weight excluding hydrogens is 504 g/mol. The minimum atomic E-state index is -0.929. The van der Waals surface area contributed by atoms with Crippen LogP contribution in [0.15, 0.2) is 48.5 Å². The second kappa shape index (κ2) is 17.0. The molecule has 0 aliphatic heterocycles. The minimum Gasteiger partial charge on any atom is -0.433 e. The molecule has 0 amide bonds. The number of carbonyl (C=O) groups excluding carboxylic acids is 2. The smallest absolute Gasteiger partial charge is 0.433 e. The molecule has 0 atom stereocenters. The van der Waals surface area contributed by atoms with Crippen LogP contribution in [-0.2, 0) is 9.47 Å². The van der Waals surface area contributed by atoms with Crippen LogP contribution in [0.4, 0.5) is 21.0 Å². The van der Waals surface area contributed by atoms with Gasteiger partial charge in [-0.1, -0.05) is 41.9 Å². The van der Waals surface area contributed by atoms with E-state index in [9.17, 15) is 29.8 Å². The lowest BCUT2D eigenvalue weighted by atomic mass is 10.3. The third kappa shape index (κ3) is 13.1. The van der Waals surface area contributed by atoms with Crippen molar-refractivity contribution < 1.29 is 38.4 Å². The van der Waals surface area contributed by atoms with E-state index in [4.69, 9.17) is 18.9 Å². The molecule has 0 aliphatic rings. The van der Waals surface area contributed by atoms with Crippen LogP contribution in [0, 0.1) is 20.2 Å². The van der Waals surface area contributed by atoms with Crippen LogP contribution >= 0.6 is 21.6 Å². The van der Waals surface area contributed by atoms with Crippen molar-refractivity contribution in [3.8, 4) is 11.5 Å². The van der Waals surface area contributed by atoms with Crippen molar-refractivity contribution in [2.45, 2.75) is 20.3 Å². The van der Waals surface area contributed by atoms with Crippen molar-refractivity contribution in [1.29, 1.82) is 0 Å². The van der Waals surface area contributed by atoms with Crippen LogP contribution in [0.5, 0.6) is 11.5 Å². The zero-order chi connectivity index (χ0) is 26.1. The maximum Gasteiger partial charge on any atom is 0.513 e. The fraction of sp³-hybridized carbons (Fsp3) is 0.333. The van der Waals surface area contributed by atoms with E-state index in [1.54, 1.807) is 0 Å². The fourth-order valence-electron chi connectivity index (χ4n) is 1.96. The van der Waals surface area contributed by atoms with E-state index in [1.807, 2.05) is 0 Å². The molecule has 0 fully saturated rings. The lowest BCUT2D eigenvalue weighted by Crippen LogP contribution is -2.13. The Kier molecular flexibility index (Phi) is 14.3. The monoisotopic (exact) mass is 528 g/mol. The molecule has 0 saturated carbocycles. The average molecular weight is 529 g/mol. The Hall–Kier alpha value is -3.52. The molecule has 2 rings (SSSR count). The first-order valence-electron chi connectivity index (χ1n) is 10.2. The molecule has 0 radical (unpaired) electrons. The molecule has 0 spiro atoms. The molecular formula is C21H24N2O10S2. The van der Waals surface area contributed by atoms with Crippen molar-refractivity contribution in [2.24, 2.45) is 0 Å². The molecule has 0 aromatic heterocycles. The van der Waals surface area contributed by atoms with Gasteiger partial charge >= 0.3 is 12.3 Å². The standard InChI is InChI=1S/C18H16N2O10S2.C3H8/c21-17(29-15-5-1-13(2-6-15)19(23)24)27-9-11-31-32-12-10-28-18(22)30-16-7-3-14(4-8-16)20(25)26;1-3-2/h1-8H,9-12H2;3H2,1-2H3. The topological polar surface area (TPSA) is 157 Å². The number of hydrogen-bond acceptors (Lipinski definition) is 12. The van der Waals surface area contributed by atoms with Gasteiger partial charge in [-0.25, -0.2) is 9.59 Å². The molecule has 0 unspecified atom stereocenters. The highest BCUT2D eigenvalue weighted by Gasteiger charge is 2.10. The third-order valence-corrected chi connectivity index (χ3v) is 5.69. The van der Waals surface area contributed by atoms with Gasteiger partial charge in [0.2, 0.25) is 0 Å². The molecule has 0 N–H and O–H groups in total. The first-order chi connectivity index (χ1) is 16.8. The van der Waals surface area contributed by atoms with Crippen molar-refractivity contribution in [2.75, 3.05) is 24.7 Å². The number of nitro groups is 2. The quantitative estimate of drug-likeness (QED) is 0.0833. The lowest BCUT2D eigenvalue weighted by molar-refractivity contribution is -0.385. The molecule has 0 saturated heterocycles. The maximum absolute atomic E-state index is 11.5. The van der Waals surface area contributed by atoms with E-state index in [0.29, 0.717) is 11.5 Å². The average Bonchev–Trinajstić information content (AvgIpc) is 2.82. The van der Waals surface area contributed by atoms with Gasteiger partial charge in [0.05, 0.1) is 9.85 Å². The third-order valence-electron chi connectivity index (χ3n) is 3.35. The number of nitro benzene ring substituents is 2. The summed E-state index contributed by atoms with van der Waals surface area (Å²) in [6, 6.07) is 9.98. The van der Waals surface area contributed by atoms with Crippen molar-refractivity contribution in [3.63, 3.8) is 0 Å². The second-order valence-electron chi connectivity index (χ2n) is 6.25. The predicted molar refractivity (Wildman–Crippen MR) is 131 cm³/mol. The van der Waals surface area contributed by atoms with Gasteiger partial charge in [0.25, 0.3) is 11.4 Å². The van der Waals surface area contributed by atoms with Crippen LogP contribution in [0.3, 0.4) is 0 Å². The normalized spacial score (nSPS) is 9.77. The lowest BCUT2D eigenvalue weighted by Gasteiger charge is -2.06. The van der Waals surface area contributed by atoms with Crippen LogP contribution in [0.1, 0.15) is 20.3 Å². The zero-order valence-corrected chi connectivity index (χ0v) is 20.6. The highest BCUT2D eigenvalue weighted by atomic mass is 33.1. The number of ether oxygens (including phenoxy) is 4. The van der Waals surface area contributed by atoms with Gasteiger partial charge in [0, 0.05) is 35.8 Å². The Morgan fingerprint density at radius 3 is 1.31 bits per heavy atom. The summed E-state index contributed by atoms with van der Waals surface area (Å²) >= 11 is 0. The maximum atomic E-state index is 11.5. The van der Waals surface area contributed by atoms with E-state index >= 15 is 0 Å². The van der Waals surface area contributed by atoms with Crippen molar-refractivity contribution in [3.05, 3.63) is 68.8 Å². The van der Waals surface area contributed by atoms with E-state index in [0.717, 1.165) is 0 Å². The van der Waals surface area contributed by atoms with Crippen molar-refractivity contribution >= 4 is 45.3 Å². The number of carbonyl (C=O) groups is 2. The first kappa shape index (κ1) is 29.5. The SMILES string of the molecule is CCC.O=C(OCCSSCCOC(=O)Oc1ccc([N+](=O)[O-])cc1)Oc1ccc([N+](=O)[O-])cc1. The summed E-state index contributed by atoms with van der Waals surface area (Å²) in [5.41, 5.74) is -0.245. The van der Waals surface area contributed by atoms with E-state index in [1.165, 1.54) is 76.5 Å². The number of nitrogens with zero attached hydrogens (tertiary/aromatic N) is 2. The Labute approximate surface area is 209 Å². The van der Waals surface area contributed by atoms with Gasteiger partial charge in [-0.2, -0.15) is 0 Å².